The second-order valence-electron chi connectivity index (χ2n) is 7.98. The number of carbonyl (C=O) groups is 1. The summed E-state index contributed by atoms with van der Waals surface area (Å²) in [4.78, 5) is 26.1. The highest BCUT2D eigenvalue weighted by atomic mass is 32.2. The van der Waals surface area contributed by atoms with Crippen LogP contribution >= 0.6 is 0 Å². The number of hydrogen-bond donors (Lipinski definition) is 0. The zero-order valence-corrected chi connectivity index (χ0v) is 18.4. The van der Waals surface area contributed by atoms with Crippen LogP contribution in [0, 0.1) is 20.8 Å². The lowest BCUT2D eigenvalue weighted by Gasteiger charge is -2.36. The number of aromatic nitrogens is 2. The molecular weight excluding hydrogens is 402 g/mol. The minimum absolute atomic E-state index is 0.0657. The zero-order valence-electron chi connectivity index (χ0n) is 17.6. The molecule has 0 bridgehead atoms. The summed E-state index contributed by atoms with van der Waals surface area (Å²) in [5, 5.41) is 0. The van der Waals surface area contributed by atoms with Gasteiger partial charge in [-0.1, -0.05) is 6.07 Å². The van der Waals surface area contributed by atoms with Crippen molar-refractivity contribution >= 4 is 27.6 Å². The third-order valence-corrected chi connectivity index (χ3v) is 7.56. The first-order chi connectivity index (χ1) is 14.3. The molecule has 0 aliphatic carbocycles. The highest BCUT2D eigenvalue weighted by molar-refractivity contribution is 7.93. The summed E-state index contributed by atoms with van der Waals surface area (Å²) in [6.45, 7) is 8.94. The van der Waals surface area contributed by atoms with Crippen molar-refractivity contribution in [3.05, 3.63) is 46.8 Å². The van der Waals surface area contributed by atoms with Crippen molar-refractivity contribution in [2.75, 3.05) is 47.7 Å². The molecule has 2 aliphatic rings. The van der Waals surface area contributed by atoms with Crippen LogP contribution in [0.25, 0.3) is 0 Å². The van der Waals surface area contributed by atoms with Crippen molar-refractivity contribution < 1.29 is 13.2 Å². The fourth-order valence-electron chi connectivity index (χ4n) is 4.14. The van der Waals surface area contributed by atoms with Crippen molar-refractivity contribution in [1.29, 1.82) is 0 Å². The smallest absolute Gasteiger partial charge is 0.255 e. The van der Waals surface area contributed by atoms with E-state index in [0.717, 1.165) is 30.0 Å². The molecule has 2 aromatic rings. The van der Waals surface area contributed by atoms with Crippen molar-refractivity contribution in [2.24, 2.45) is 0 Å². The average Bonchev–Trinajstić information content (AvgIpc) is 3.06. The van der Waals surface area contributed by atoms with E-state index in [9.17, 15) is 13.2 Å². The van der Waals surface area contributed by atoms with E-state index in [-0.39, 0.29) is 11.7 Å². The number of sulfonamides is 1. The van der Waals surface area contributed by atoms with E-state index < -0.39 is 10.0 Å². The lowest BCUT2D eigenvalue weighted by atomic mass is 10.1. The molecule has 8 nitrogen and oxygen atoms in total. The standard InChI is InChI=1S/C21H27N5O3S/c1-15-13-16(2)20(22-14-15)24-8-10-25(11-9-24)21(27)18-5-6-19(23-17(18)3)26-7-4-12-30(26,28)29/h5-6,13-14H,4,7-12H2,1-3H3. The Morgan fingerprint density at radius 1 is 1.03 bits per heavy atom. The van der Waals surface area contributed by atoms with Gasteiger partial charge in [-0.25, -0.2) is 18.4 Å². The van der Waals surface area contributed by atoms with Crippen LogP contribution in [-0.4, -0.2) is 67.7 Å². The van der Waals surface area contributed by atoms with Gasteiger partial charge in [-0.15, -0.1) is 0 Å². The molecular formula is C21H27N5O3S. The number of rotatable bonds is 3. The molecule has 160 valence electrons. The molecule has 0 saturated carbocycles. The average molecular weight is 430 g/mol. The zero-order chi connectivity index (χ0) is 21.5. The van der Waals surface area contributed by atoms with Crippen LogP contribution < -0.4 is 9.21 Å². The monoisotopic (exact) mass is 429 g/mol. The lowest BCUT2D eigenvalue weighted by molar-refractivity contribution is 0.0745. The van der Waals surface area contributed by atoms with Crippen LogP contribution in [0.15, 0.2) is 24.4 Å². The fraction of sp³-hybridized carbons (Fsp3) is 0.476. The normalized spacial score (nSPS) is 18.7. The van der Waals surface area contributed by atoms with Crippen molar-refractivity contribution in [2.45, 2.75) is 27.2 Å². The Balaban J connectivity index is 1.45. The maximum Gasteiger partial charge on any atom is 0.255 e. The van der Waals surface area contributed by atoms with E-state index in [0.29, 0.717) is 43.1 Å². The Bertz CT molecular complexity index is 1080. The quantitative estimate of drug-likeness (QED) is 0.741. The Hall–Kier alpha value is -2.68. The molecule has 1 amide bonds. The molecule has 2 aliphatic heterocycles. The van der Waals surface area contributed by atoms with E-state index in [1.807, 2.05) is 18.0 Å². The highest BCUT2D eigenvalue weighted by Crippen LogP contribution is 2.24. The predicted octanol–water partition coefficient (Wildman–Crippen LogP) is 1.90. The maximum atomic E-state index is 13.1. The molecule has 2 saturated heterocycles. The van der Waals surface area contributed by atoms with E-state index in [2.05, 4.69) is 27.9 Å². The molecule has 0 atom stereocenters. The van der Waals surface area contributed by atoms with Gasteiger partial charge in [-0.2, -0.15) is 0 Å². The van der Waals surface area contributed by atoms with Crippen LogP contribution in [0.2, 0.25) is 0 Å². The number of aryl methyl sites for hydroxylation is 3. The largest absolute Gasteiger partial charge is 0.353 e. The van der Waals surface area contributed by atoms with Gasteiger partial charge in [0.15, 0.2) is 0 Å². The Labute approximate surface area is 177 Å². The van der Waals surface area contributed by atoms with E-state index in [4.69, 9.17) is 0 Å². The Kier molecular flexibility index (Phi) is 5.40. The number of carbonyl (C=O) groups excluding carboxylic acids is 1. The van der Waals surface area contributed by atoms with Crippen molar-refractivity contribution in [1.82, 2.24) is 14.9 Å². The van der Waals surface area contributed by atoms with Crippen LogP contribution in [0.3, 0.4) is 0 Å². The summed E-state index contributed by atoms with van der Waals surface area (Å²) >= 11 is 0. The molecule has 2 fully saturated rings. The first kappa shape index (κ1) is 20.6. The molecule has 4 rings (SSSR count). The number of nitrogens with zero attached hydrogens (tertiary/aromatic N) is 5. The highest BCUT2D eigenvalue weighted by Gasteiger charge is 2.30. The summed E-state index contributed by atoms with van der Waals surface area (Å²) in [6.07, 6.45) is 2.47. The van der Waals surface area contributed by atoms with Gasteiger partial charge in [0, 0.05) is 38.9 Å². The maximum absolute atomic E-state index is 13.1. The molecule has 9 heteroatoms. The molecule has 30 heavy (non-hydrogen) atoms. The first-order valence-electron chi connectivity index (χ1n) is 10.2. The van der Waals surface area contributed by atoms with Gasteiger partial charge in [0.25, 0.3) is 5.91 Å². The molecule has 2 aromatic heterocycles. The minimum atomic E-state index is -3.29. The van der Waals surface area contributed by atoms with Gasteiger partial charge in [0.1, 0.15) is 11.6 Å². The molecule has 4 heterocycles. The number of hydrogen-bond acceptors (Lipinski definition) is 6. The number of piperazine rings is 1. The van der Waals surface area contributed by atoms with Gasteiger partial charge in [0.2, 0.25) is 10.0 Å². The summed E-state index contributed by atoms with van der Waals surface area (Å²) in [5.74, 6) is 1.45. The third kappa shape index (κ3) is 3.86. The van der Waals surface area contributed by atoms with E-state index >= 15 is 0 Å². The first-order valence-corrected chi connectivity index (χ1v) is 11.8. The summed E-state index contributed by atoms with van der Waals surface area (Å²) in [7, 11) is -3.29. The van der Waals surface area contributed by atoms with Crippen molar-refractivity contribution in [3.63, 3.8) is 0 Å². The summed E-state index contributed by atoms with van der Waals surface area (Å²) < 4.78 is 25.6. The molecule has 0 aromatic carbocycles. The van der Waals surface area contributed by atoms with Gasteiger partial charge in [-0.3, -0.25) is 9.10 Å². The second-order valence-corrected chi connectivity index (χ2v) is 9.99. The minimum Gasteiger partial charge on any atom is -0.353 e. The Morgan fingerprint density at radius 2 is 1.77 bits per heavy atom. The van der Waals surface area contributed by atoms with Gasteiger partial charge < -0.3 is 9.80 Å². The number of amides is 1. The van der Waals surface area contributed by atoms with Crippen LogP contribution in [0.4, 0.5) is 11.6 Å². The molecule has 0 radical (unpaired) electrons. The van der Waals surface area contributed by atoms with E-state index in [1.165, 1.54) is 4.31 Å². The molecule has 0 spiro atoms. The van der Waals surface area contributed by atoms with Crippen molar-refractivity contribution in [3.8, 4) is 0 Å². The SMILES string of the molecule is Cc1cnc(N2CCN(C(=O)c3ccc(N4CCCS4(=O)=O)nc3C)CC2)c(C)c1. The van der Waals surface area contributed by atoms with Crippen LogP contribution in [0.5, 0.6) is 0 Å². The molecule has 0 N–H and O–H groups in total. The number of pyridine rings is 2. The number of anilines is 2. The summed E-state index contributed by atoms with van der Waals surface area (Å²) in [5.41, 5.74) is 3.35. The van der Waals surface area contributed by atoms with Gasteiger partial charge >= 0.3 is 0 Å². The third-order valence-electron chi connectivity index (χ3n) is 5.71. The van der Waals surface area contributed by atoms with Crippen LogP contribution in [-0.2, 0) is 10.0 Å². The molecule has 0 unspecified atom stereocenters. The topological polar surface area (TPSA) is 86.7 Å². The van der Waals surface area contributed by atoms with Gasteiger partial charge in [0.05, 0.1) is 17.0 Å². The fourth-order valence-corrected chi connectivity index (χ4v) is 5.65. The van der Waals surface area contributed by atoms with E-state index in [1.54, 1.807) is 19.1 Å². The van der Waals surface area contributed by atoms with Crippen LogP contribution in [0.1, 0.15) is 33.6 Å². The Morgan fingerprint density at radius 3 is 2.37 bits per heavy atom. The second kappa shape index (κ2) is 7.86. The predicted molar refractivity (Wildman–Crippen MR) is 117 cm³/mol. The summed E-state index contributed by atoms with van der Waals surface area (Å²) in [6, 6.07) is 5.46. The van der Waals surface area contributed by atoms with Gasteiger partial charge in [-0.05, 0) is 50.5 Å². The lowest BCUT2D eigenvalue weighted by Crippen LogP contribution is -2.49.